The number of nitrogens with zero attached hydrogens (tertiary/aromatic N) is 2. The molecule has 0 atom stereocenters. The van der Waals surface area contributed by atoms with Crippen LogP contribution in [0.2, 0.25) is 0 Å². The fourth-order valence-electron chi connectivity index (χ4n) is 1.16. The number of benzene rings is 1. The van der Waals surface area contributed by atoms with Crippen molar-refractivity contribution in [1.29, 1.82) is 0 Å². The minimum absolute atomic E-state index is 0.0759. The molecular formula is C11H8N2O. The average molecular weight is 184 g/mol. The second-order valence-electron chi connectivity index (χ2n) is 2.79. The number of ketones is 1. The van der Waals surface area contributed by atoms with E-state index < -0.39 is 0 Å². The molecule has 1 heterocycles. The molecule has 0 amide bonds. The van der Waals surface area contributed by atoms with Crippen LogP contribution in [0.15, 0.2) is 48.9 Å². The first-order chi connectivity index (χ1) is 6.88. The summed E-state index contributed by atoms with van der Waals surface area (Å²) in [6.07, 6.45) is 2.93. The normalized spacial score (nSPS) is 9.71. The minimum Gasteiger partial charge on any atom is -0.287 e. The van der Waals surface area contributed by atoms with Gasteiger partial charge in [0.15, 0.2) is 0 Å². The van der Waals surface area contributed by atoms with E-state index in [0.29, 0.717) is 11.3 Å². The first kappa shape index (κ1) is 8.56. The molecule has 0 aliphatic rings. The van der Waals surface area contributed by atoms with Crippen molar-refractivity contribution >= 4 is 5.78 Å². The molecular weight excluding hydrogens is 176 g/mol. The monoisotopic (exact) mass is 184 g/mol. The number of carbonyl (C=O) groups is 1. The molecule has 3 heteroatoms. The van der Waals surface area contributed by atoms with E-state index in [1.807, 2.05) is 18.2 Å². The van der Waals surface area contributed by atoms with Gasteiger partial charge in [-0.25, -0.2) is 9.97 Å². The van der Waals surface area contributed by atoms with Gasteiger partial charge in [-0.3, -0.25) is 4.79 Å². The minimum atomic E-state index is -0.0759. The molecule has 14 heavy (non-hydrogen) atoms. The molecule has 0 spiro atoms. The van der Waals surface area contributed by atoms with Crippen LogP contribution in [-0.4, -0.2) is 15.8 Å². The van der Waals surface area contributed by atoms with Gasteiger partial charge in [0.2, 0.25) is 5.78 Å². The lowest BCUT2D eigenvalue weighted by Gasteiger charge is -1.97. The third-order valence-corrected chi connectivity index (χ3v) is 1.85. The topological polar surface area (TPSA) is 42.9 Å². The van der Waals surface area contributed by atoms with Crippen molar-refractivity contribution in [3.8, 4) is 0 Å². The Morgan fingerprint density at radius 2 is 1.86 bits per heavy atom. The third kappa shape index (κ3) is 1.66. The van der Waals surface area contributed by atoms with E-state index in [-0.39, 0.29) is 5.78 Å². The van der Waals surface area contributed by atoms with Crippen molar-refractivity contribution in [2.24, 2.45) is 0 Å². The molecule has 0 radical (unpaired) electrons. The van der Waals surface area contributed by atoms with Gasteiger partial charge in [-0.2, -0.15) is 0 Å². The fraction of sp³-hybridized carbons (Fsp3) is 0. The molecule has 0 bridgehead atoms. The van der Waals surface area contributed by atoms with E-state index in [1.165, 1.54) is 6.33 Å². The standard InChI is InChI=1S/C11H8N2O/c14-11(9-4-2-1-3-5-9)10-6-7-12-8-13-10/h1-8H. The van der Waals surface area contributed by atoms with Crippen LogP contribution in [0.25, 0.3) is 0 Å². The van der Waals surface area contributed by atoms with Crippen LogP contribution < -0.4 is 0 Å². The molecule has 3 nitrogen and oxygen atoms in total. The van der Waals surface area contributed by atoms with E-state index in [4.69, 9.17) is 0 Å². The summed E-state index contributed by atoms with van der Waals surface area (Å²) in [5.41, 5.74) is 1.07. The lowest BCUT2D eigenvalue weighted by atomic mass is 10.1. The van der Waals surface area contributed by atoms with E-state index in [2.05, 4.69) is 9.97 Å². The molecule has 0 aliphatic carbocycles. The zero-order valence-corrected chi connectivity index (χ0v) is 7.42. The quantitative estimate of drug-likeness (QED) is 0.667. The van der Waals surface area contributed by atoms with Crippen LogP contribution in [0.3, 0.4) is 0 Å². The van der Waals surface area contributed by atoms with Crippen LogP contribution in [0.1, 0.15) is 16.1 Å². The fourth-order valence-corrected chi connectivity index (χ4v) is 1.16. The summed E-state index contributed by atoms with van der Waals surface area (Å²) in [5, 5.41) is 0. The molecule has 0 aliphatic heterocycles. The third-order valence-electron chi connectivity index (χ3n) is 1.85. The van der Waals surface area contributed by atoms with Crippen molar-refractivity contribution in [2.75, 3.05) is 0 Å². The Kier molecular flexibility index (Phi) is 2.32. The highest BCUT2D eigenvalue weighted by atomic mass is 16.1. The summed E-state index contributed by atoms with van der Waals surface area (Å²) >= 11 is 0. The summed E-state index contributed by atoms with van der Waals surface area (Å²) in [6.45, 7) is 0. The van der Waals surface area contributed by atoms with Crippen LogP contribution in [-0.2, 0) is 0 Å². The maximum absolute atomic E-state index is 11.8. The van der Waals surface area contributed by atoms with Gasteiger partial charge in [-0.05, 0) is 6.07 Å². The summed E-state index contributed by atoms with van der Waals surface area (Å²) in [5.74, 6) is -0.0759. The Bertz CT molecular complexity index is 384. The number of hydrogen-bond donors (Lipinski definition) is 0. The second kappa shape index (κ2) is 3.79. The predicted octanol–water partition coefficient (Wildman–Crippen LogP) is 1.71. The van der Waals surface area contributed by atoms with Crippen molar-refractivity contribution < 1.29 is 4.79 Å². The molecule has 2 aromatic rings. The Morgan fingerprint density at radius 3 is 2.50 bits per heavy atom. The van der Waals surface area contributed by atoms with Gasteiger partial charge in [-0.1, -0.05) is 30.3 Å². The van der Waals surface area contributed by atoms with Gasteiger partial charge in [-0.15, -0.1) is 0 Å². The maximum atomic E-state index is 11.8. The zero-order valence-electron chi connectivity index (χ0n) is 7.42. The van der Waals surface area contributed by atoms with E-state index in [1.54, 1.807) is 24.4 Å². The number of hydrogen-bond acceptors (Lipinski definition) is 3. The van der Waals surface area contributed by atoms with Crippen LogP contribution in [0.4, 0.5) is 0 Å². The first-order valence-corrected chi connectivity index (χ1v) is 4.24. The maximum Gasteiger partial charge on any atom is 0.211 e. The Balaban J connectivity index is 2.35. The SMILES string of the molecule is O=C(c1ccccc1)c1ccncn1. The Labute approximate surface area is 81.5 Å². The van der Waals surface area contributed by atoms with Crippen molar-refractivity contribution in [1.82, 2.24) is 9.97 Å². The summed E-state index contributed by atoms with van der Waals surface area (Å²) in [4.78, 5) is 19.4. The largest absolute Gasteiger partial charge is 0.287 e. The highest BCUT2D eigenvalue weighted by Crippen LogP contribution is 2.05. The zero-order chi connectivity index (χ0) is 9.80. The van der Waals surface area contributed by atoms with Crippen LogP contribution in [0.5, 0.6) is 0 Å². The van der Waals surface area contributed by atoms with Gasteiger partial charge >= 0.3 is 0 Å². The molecule has 1 aromatic carbocycles. The Hall–Kier alpha value is -2.03. The van der Waals surface area contributed by atoms with Gasteiger partial charge in [0.1, 0.15) is 12.0 Å². The number of rotatable bonds is 2. The number of carbonyl (C=O) groups excluding carboxylic acids is 1. The summed E-state index contributed by atoms with van der Waals surface area (Å²) < 4.78 is 0. The van der Waals surface area contributed by atoms with E-state index in [9.17, 15) is 4.79 Å². The van der Waals surface area contributed by atoms with E-state index in [0.717, 1.165) is 0 Å². The first-order valence-electron chi connectivity index (χ1n) is 4.24. The van der Waals surface area contributed by atoms with Crippen molar-refractivity contribution in [3.63, 3.8) is 0 Å². The lowest BCUT2D eigenvalue weighted by molar-refractivity contribution is 0.103. The molecule has 0 N–H and O–H groups in total. The summed E-state index contributed by atoms with van der Waals surface area (Å²) in [7, 11) is 0. The number of aromatic nitrogens is 2. The molecule has 0 saturated heterocycles. The molecule has 0 fully saturated rings. The predicted molar refractivity (Wildman–Crippen MR) is 51.9 cm³/mol. The lowest BCUT2D eigenvalue weighted by Crippen LogP contribution is -2.03. The molecule has 68 valence electrons. The molecule has 0 unspecified atom stereocenters. The molecule has 0 saturated carbocycles. The van der Waals surface area contributed by atoms with Crippen LogP contribution >= 0.6 is 0 Å². The van der Waals surface area contributed by atoms with Crippen molar-refractivity contribution in [3.05, 3.63) is 60.2 Å². The van der Waals surface area contributed by atoms with Crippen molar-refractivity contribution in [2.45, 2.75) is 0 Å². The van der Waals surface area contributed by atoms with E-state index >= 15 is 0 Å². The van der Waals surface area contributed by atoms with Gasteiger partial charge in [0, 0.05) is 11.8 Å². The molecule has 2 rings (SSSR count). The smallest absolute Gasteiger partial charge is 0.211 e. The van der Waals surface area contributed by atoms with Crippen LogP contribution in [0, 0.1) is 0 Å². The summed E-state index contributed by atoms with van der Waals surface area (Å²) in [6, 6.07) is 10.7. The Morgan fingerprint density at radius 1 is 1.07 bits per heavy atom. The van der Waals surface area contributed by atoms with Gasteiger partial charge in [0.05, 0.1) is 0 Å². The molecule has 1 aromatic heterocycles. The highest BCUT2D eigenvalue weighted by molar-refractivity contribution is 6.07. The van der Waals surface area contributed by atoms with Gasteiger partial charge in [0.25, 0.3) is 0 Å². The van der Waals surface area contributed by atoms with Gasteiger partial charge < -0.3 is 0 Å². The average Bonchev–Trinajstić information content (AvgIpc) is 2.30. The second-order valence-corrected chi connectivity index (χ2v) is 2.79. The highest BCUT2D eigenvalue weighted by Gasteiger charge is 2.08.